The van der Waals surface area contributed by atoms with Gasteiger partial charge in [-0.05, 0) is 35.4 Å². The highest BCUT2D eigenvalue weighted by molar-refractivity contribution is 5.80. The lowest BCUT2D eigenvalue weighted by Crippen LogP contribution is -2.37. The molecule has 2 heterocycles. The van der Waals surface area contributed by atoms with E-state index in [9.17, 15) is 4.79 Å². The van der Waals surface area contributed by atoms with Crippen LogP contribution in [0.2, 0.25) is 0 Å². The van der Waals surface area contributed by atoms with Gasteiger partial charge in [-0.25, -0.2) is 0 Å². The molecule has 2 atom stereocenters. The van der Waals surface area contributed by atoms with Gasteiger partial charge in [0.2, 0.25) is 5.91 Å². The maximum absolute atomic E-state index is 12.7. The molecule has 1 saturated heterocycles. The quantitative estimate of drug-likeness (QED) is 0.890. The lowest BCUT2D eigenvalue weighted by Gasteiger charge is -2.18. The number of nitrogens with one attached hydrogen (secondary N) is 2. The highest BCUT2D eigenvalue weighted by Crippen LogP contribution is 2.29. The van der Waals surface area contributed by atoms with E-state index in [2.05, 4.69) is 40.0 Å². The maximum Gasteiger partial charge on any atom is 0.225 e. The van der Waals surface area contributed by atoms with Crippen molar-refractivity contribution in [2.24, 2.45) is 18.9 Å². The Labute approximate surface area is 142 Å². The molecule has 0 spiro atoms. The predicted octanol–water partition coefficient (Wildman–Crippen LogP) is 1.25. The summed E-state index contributed by atoms with van der Waals surface area (Å²) in [6.45, 7) is 2.36. The Kier molecular flexibility index (Phi) is 4.10. The zero-order chi connectivity index (χ0) is 16.5. The van der Waals surface area contributed by atoms with Gasteiger partial charge in [0.1, 0.15) is 0 Å². The molecule has 24 heavy (non-hydrogen) atoms. The van der Waals surface area contributed by atoms with Gasteiger partial charge in [0.05, 0.1) is 12.1 Å². The van der Waals surface area contributed by atoms with Crippen molar-refractivity contribution in [2.45, 2.75) is 18.8 Å². The molecule has 5 heteroatoms. The molecule has 0 saturated carbocycles. The smallest absolute Gasteiger partial charge is 0.225 e. The van der Waals surface area contributed by atoms with E-state index in [4.69, 9.17) is 0 Å². The second-order valence-electron chi connectivity index (χ2n) is 7.11. The van der Waals surface area contributed by atoms with E-state index in [1.807, 2.05) is 19.4 Å². The van der Waals surface area contributed by atoms with E-state index in [1.165, 1.54) is 11.1 Å². The molecule has 126 valence electrons. The van der Waals surface area contributed by atoms with Gasteiger partial charge in [-0.2, -0.15) is 5.10 Å². The Morgan fingerprint density at radius 2 is 2.04 bits per heavy atom. The number of nitrogens with zero attached hydrogens (tertiary/aromatic N) is 2. The number of aryl methyl sites for hydroxylation is 1. The minimum Gasteiger partial charge on any atom is -0.356 e. The SMILES string of the molecule is Cn1cc([C@H]2CNC[C@@H]2C(=O)NCC2Cc3ccccc3C2)cn1. The van der Waals surface area contributed by atoms with E-state index in [0.717, 1.165) is 38.0 Å². The number of hydrogen-bond donors (Lipinski definition) is 2. The average molecular weight is 324 g/mol. The molecule has 4 rings (SSSR count). The molecular weight excluding hydrogens is 300 g/mol. The monoisotopic (exact) mass is 324 g/mol. The molecule has 0 bridgehead atoms. The van der Waals surface area contributed by atoms with E-state index in [-0.39, 0.29) is 17.7 Å². The van der Waals surface area contributed by atoms with Crippen molar-refractivity contribution in [3.63, 3.8) is 0 Å². The molecule has 0 radical (unpaired) electrons. The molecule has 1 aliphatic carbocycles. The molecule has 1 fully saturated rings. The number of benzene rings is 1. The van der Waals surface area contributed by atoms with Crippen molar-refractivity contribution in [3.8, 4) is 0 Å². The lowest BCUT2D eigenvalue weighted by atomic mass is 9.90. The second-order valence-corrected chi connectivity index (χ2v) is 7.11. The Hall–Kier alpha value is -2.14. The number of amides is 1. The van der Waals surface area contributed by atoms with E-state index in [0.29, 0.717) is 5.92 Å². The van der Waals surface area contributed by atoms with Gasteiger partial charge >= 0.3 is 0 Å². The van der Waals surface area contributed by atoms with Crippen molar-refractivity contribution in [1.29, 1.82) is 0 Å². The van der Waals surface area contributed by atoms with Crippen LogP contribution in [0.5, 0.6) is 0 Å². The molecule has 1 aromatic carbocycles. The van der Waals surface area contributed by atoms with Gasteiger partial charge in [0.25, 0.3) is 0 Å². The summed E-state index contributed by atoms with van der Waals surface area (Å²) >= 11 is 0. The van der Waals surface area contributed by atoms with Crippen LogP contribution in [0.15, 0.2) is 36.7 Å². The molecule has 2 aromatic rings. The van der Waals surface area contributed by atoms with Gasteiger partial charge in [0.15, 0.2) is 0 Å². The third-order valence-electron chi connectivity index (χ3n) is 5.40. The topological polar surface area (TPSA) is 59.0 Å². The lowest BCUT2D eigenvalue weighted by molar-refractivity contribution is -0.125. The first-order valence-electron chi connectivity index (χ1n) is 8.74. The zero-order valence-electron chi connectivity index (χ0n) is 14.0. The van der Waals surface area contributed by atoms with Crippen LogP contribution in [0.3, 0.4) is 0 Å². The summed E-state index contributed by atoms with van der Waals surface area (Å²) in [6, 6.07) is 8.61. The van der Waals surface area contributed by atoms with Gasteiger partial charge in [-0.15, -0.1) is 0 Å². The first kappa shape index (κ1) is 15.4. The molecule has 2 N–H and O–H groups in total. The van der Waals surface area contributed by atoms with E-state index in [1.54, 1.807) is 4.68 Å². The summed E-state index contributed by atoms with van der Waals surface area (Å²) in [7, 11) is 1.92. The van der Waals surface area contributed by atoms with Crippen LogP contribution < -0.4 is 10.6 Å². The number of aromatic nitrogens is 2. The van der Waals surface area contributed by atoms with Gasteiger partial charge in [0, 0.05) is 38.8 Å². The maximum atomic E-state index is 12.7. The molecule has 1 amide bonds. The minimum atomic E-state index is -0.00187. The third kappa shape index (κ3) is 2.96. The third-order valence-corrected chi connectivity index (χ3v) is 5.40. The fraction of sp³-hybridized carbons (Fsp3) is 0.474. The van der Waals surface area contributed by atoms with Crippen LogP contribution in [0.1, 0.15) is 22.6 Å². The second kappa shape index (κ2) is 6.40. The largest absolute Gasteiger partial charge is 0.356 e. The highest BCUT2D eigenvalue weighted by atomic mass is 16.1. The fourth-order valence-corrected chi connectivity index (χ4v) is 4.11. The van der Waals surface area contributed by atoms with Crippen LogP contribution in [0, 0.1) is 11.8 Å². The number of rotatable bonds is 4. The zero-order valence-corrected chi connectivity index (χ0v) is 14.0. The number of carbonyl (C=O) groups is 1. The Morgan fingerprint density at radius 3 is 2.71 bits per heavy atom. The predicted molar refractivity (Wildman–Crippen MR) is 92.7 cm³/mol. The molecule has 1 aliphatic heterocycles. The van der Waals surface area contributed by atoms with Gasteiger partial charge in [-0.1, -0.05) is 24.3 Å². The fourth-order valence-electron chi connectivity index (χ4n) is 4.11. The van der Waals surface area contributed by atoms with Gasteiger partial charge in [-0.3, -0.25) is 9.48 Å². The number of fused-ring (bicyclic) bond motifs is 1. The summed E-state index contributed by atoms with van der Waals surface area (Å²) in [5.41, 5.74) is 4.02. The molecule has 5 nitrogen and oxygen atoms in total. The summed E-state index contributed by atoms with van der Waals surface area (Å²) in [4.78, 5) is 12.7. The van der Waals surface area contributed by atoms with Crippen molar-refractivity contribution in [1.82, 2.24) is 20.4 Å². The van der Waals surface area contributed by atoms with E-state index < -0.39 is 0 Å². The van der Waals surface area contributed by atoms with Crippen LogP contribution in [0.4, 0.5) is 0 Å². The van der Waals surface area contributed by atoms with Crippen LogP contribution in [0.25, 0.3) is 0 Å². The van der Waals surface area contributed by atoms with Crippen LogP contribution in [-0.2, 0) is 24.7 Å². The first-order chi connectivity index (χ1) is 11.7. The normalized spacial score (nSPS) is 23.4. The first-order valence-corrected chi connectivity index (χ1v) is 8.74. The molecular formula is C19H24N4O. The van der Waals surface area contributed by atoms with Crippen molar-refractivity contribution >= 4 is 5.91 Å². The summed E-state index contributed by atoms with van der Waals surface area (Å²) in [5.74, 6) is 0.916. The number of hydrogen-bond acceptors (Lipinski definition) is 3. The highest BCUT2D eigenvalue weighted by Gasteiger charge is 2.35. The average Bonchev–Trinajstić information content (AvgIpc) is 3.30. The van der Waals surface area contributed by atoms with Crippen LogP contribution in [-0.4, -0.2) is 35.3 Å². The Bertz CT molecular complexity index is 713. The van der Waals surface area contributed by atoms with Gasteiger partial charge < -0.3 is 10.6 Å². The summed E-state index contributed by atoms with van der Waals surface area (Å²) in [5, 5.41) is 10.8. The van der Waals surface area contributed by atoms with E-state index >= 15 is 0 Å². The van der Waals surface area contributed by atoms with Crippen molar-refractivity contribution in [2.75, 3.05) is 19.6 Å². The van der Waals surface area contributed by atoms with Crippen molar-refractivity contribution in [3.05, 3.63) is 53.3 Å². The number of carbonyl (C=O) groups excluding carboxylic acids is 1. The Morgan fingerprint density at radius 1 is 1.29 bits per heavy atom. The van der Waals surface area contributed by atoms with Crippen molar-refractivity contribution < 1.29 is 4.79 Å². The molecule has 2 aliphatic rings. The standard InChI is InChI=1S/C19H24N4O/c1-23-12-16(9-22-23)17-10-20-11-18(17)19(24)21-8-13-6-14-4-2-3-5-15(14)7-13/h2-5,9,12-13,17-18,20H,6-8,10-11H2,1H3,(H,21,24)/t17-,18+/m1/s1. The Balaban J connectivity index is 1.35. The molecule has 0 unspecified atom stereocenters. The minimum absolute atomic E-state index is 0.00187. The summed E-state index contributed by atoms with van der Waals surface area (Å²) in [6.07, 6.45) is 6.05. The molecule has 1 aromatic heterocycles. The summed E-state index contributed by atoms with van der Waals surface area (Å²) < 4.78 is 1.80. The van der Waals surface area contributed by atoms with Crippen LogP contribution >= 0.6 is 0 Å².